The highest BCUT2D eigenvalue weighted by atomic mass is 19.1. The number of hydrogen-bond acceptors (Lipinski definition) is 5. The smallest absolute Gasteiger partial charge is 0.420 e. The molecule has 20 heavy (non-hydrogen) atoms. The molecular weight excluding hydrogens is 267 g/mol. The molecule has 0 amide bonds. The lowest BCUT2D eigenvalue weighted by Crippen LogP contribution is -2.24. The highest BCUT2D eigenvalue weighted by Crippen LogP contribution is 2.18. The second kappa shape index (κ2) is 5.98. The van der Waals surface area contributed by atoms with Crippen LogP contribution in [0.5, 0.6) is 0 Å². The Morgan fingerprint density at radius 2 is 2.30 bits per heavy atom. The quantitative estimate of drug-likeness (QED) is 0.923. The Kier molecular flexibility index (Phi) is 4.31. The number of carbonyl (C=O) groups excluding carboxylic acids is 1. The number of imidazole rings is 1. The molecule has 1 N–H and O–H groups in total. The summed E-state index contributed by atoms with van der Waals surface area (Å²) in [5.41, 5.74) is 0.662. The molecule has 108 valence electrons. The maximum atomic E-state index is 13.1. The van der Waals surface area contributed by atoms with E-state index >= 15 is 0 Å². The second-order valence-corrected chi connectivity index (χ2v) is 4.30. The lowest BCUT2D eigenvalue weighted by Gasteiger charge is -2.13. The van der Waals surface area contributed by atoms with E-state index in [0.29, 0.717) is 5.52 Å². The number of benzene rings is 1. The molecule has 0 saturated heterocycles. The molecule has 0 aliphatic carbocycles. The van der Waals surface area contributed by atoms with Gasteiger partial charge in [-0.05, 0) is 19.1 Å². The molecule has 6 nitrogen and oxygen atoms in total. The number of ether oxygens (including phenoxy) is 2. The molecule has 7 heteroatoms. The van der Waals surface area contributed by atoms with Crippen molar-refractivity contribution in [1.82, 2.24) is 9.55 Å². The molecule has 1 unspecified atom stereocenters. The largest absolute Gasteiger partial charge is 0.443 e. The van der Waals surface area contributed by atoms with E-state index in [1.54, 1.807) is 6.92 Å². The van der Waals surface area contributed by atoms with E-state index in [9.17, 15) is 14.3 Å². The van der Waals surface area contributed by atoms with Crippen molar-refractivity contribution >= 4 is 17.1 Å². The monoisotopic (exact) mass is 282 g/mol. The molecule has 0 fully saturated rings. The predicted octanol–water partition coefficient (Wildman–Crippen LogP) is 1.69. The summed E-state index contributed by atoms with van der Waals surface area (Å²) < 4.78 is 24.3. The second-order valence-electron chi connectivity index (χ2n) is 4.30. The van der Waals surface area contributed by atoms with Crippen molar-refractivity contribution in [3.63, 3.8) is 0 Å². The molecule has 0 aliphatic rings. The van der Waals surface area contributed by atoms with Crippen LogP contribution in [0.25, 0.3) is 11.0 Å². The molecule has 1 atom stereocenters. The first-order valence-electron chi connectivity index (χ1n) is 6.04. The van der Waals surface area contributed by atoms with Crippen molar-refractivity contribution < 1.29 is 23.8 Å². The number of methoxy groups -OCH3 is 1. The zero-order chi connectivity index (χ0) is 14.7. The molecule has 0 aliphatic heterocycles. The fourth-order valence-electron chi connectivity index (χ4n) is 1.91. The molecule has 1 aromatic heterocycles. The van der Waals surface area contributed by atoms with Gasteiger partial charge in [0.25, 0.3) is 0 Å². The van der Waals surface area contributed by atoms with Crippen LogP contribution in [0.3, 0.4) is 0 Å². The van der Waals surface area contributed by atoms with Gasteiger partial charge in [0.15, 0.2) is 0 Å². The first-order valence-corrected chi connectivity index (χ1v) is 6.04. The Morgan fingerprint density at radius 1 is 1.55 bits per heavy atom. The van der Waals surface area contributed by atoms with E-state index in [0.717, 1.165) is 4.57 Å². The van der Waals surface area contributed by atoms with Gasteiger partial charge in [0.1, 0.15) is 24.4 Å². The summed E-state index contributed by atoms with van der Waals surface area (Å²) in [4.78, 5) is 16.1. The number of halogens is 1. The number of aliphatic hydroxyl groups excluding tert-OH is 1. The van der Waals surface area contributed by atoms with Gasteiger partial charge in [-0.25, -0.2) is 18.7 Å². The highest BCUT2D eigenvalue weighted by Gasteiger charge is 2.19. The maximum Gasteiger partial charge on any atom is 0.420 e. The molecule has 0 spiro atoms. The fraction of sp³-hybridized carbons (Fsp3) is 0.385. The molecule has 0 radical (unpaired) electrons. The van der Waals surface area contributed by atoms with E-state index in [4.69, 9.17) is 9.47 Å². The Bertz CT molecular complexity index is 626. The van der Waals surface area contributed by atoms with Crippen LogP contribution in [-0.2, 0) is 16.1 Å². The number of aliphatic hydroxyl groups is 1. The summed E-state index contributed by atoms with van der Waals surface area (Å²) in [6, 6.07) is 3.82. The number of nitrogens with zero attached hydrogens (tertiary/aromatic N) is 2. The number of carbonyl (C=O) groups is 1. The van der Waals surface area contributed by atoms with Gasteiger partial charge < -0.3 is 14.6 Å². The van der Waals surface area contributed by atoms with E-state index in [2.05, 4.69) is 4.98 Å². The molecule has 0 saturated carbocycles. The Labute approximate surface area is 114 Å². The van der Waals surface area contributed by atoms with Gasteiger partial charge in [0.2, 0.25) is 0 Å². The summed E-state index contributed by atoms with van der Waals surface area (Å²) in [7, 11) is 1.50. The van der Waals surface area contributed by atoms with E-state index in [1.165, 1.54) is 25.3 Å². The number of fused-ring (bicyclic) bond motifs is 1. The zero-order valence-corrected chi connectivity index (χ0v) is 11.2. The molecule has 1 heterocycles. The van der Waals surface area contributed by atoms with Crippen LogP contribution in [0, 0.1) is 5.82 Å². The van der Waals surface area contributed by atoms with Gasteiger partial charge in [-0.1, -0.05) is 0 Å². The van der Waals surface area contributed by atoms with E-state index in [-0.39, 0.29) is 17.9 Å². The van der Waals surface area contributed by atoms with Gasteiger partial charge in [0, 0.05) is 13.2 Å². The van der Waals surface area contributed by atoms with E-state index < -0.39 is 24.6 Å². The van der Waals surface area contributed by atoms with Crippen molar-refractivity contribution in [1.29, 1.82) is 0 Å². The molecule has 1 aromatic carbocycles. The minimum absolute atomic E-state index is 0.0974. The Morgan fingerprint density at radius 3 is 2.95 bits per heavy atom. The Balaban J connectivity index is 2.39. The third-order valence-corrected chi connectivity index (χ3v) is 2.71. The number of hydrogen-bond donors (Lipinski definition) is 1. The van der Waals surface area contributed by atoms with Crippen LogP contribution in [0.1, 0.15) is 12.7 Å². The zero-order valence-electron chi connectivity index (χ0n) is 11.2. The summed E-state index contributed by atoms with van der Waals surface area (Å²) in [6.45, 7) is 1.48. The average molecular weight is 282 g/mol. The topological polar surface area (TPSA) is 73.6 Å². The summed E-state index contributed by atoms with van der Waals surface area (Å²) >= 11 is 0. The Hall–Kier alpha value is -1.99. The highest BCUT2D eigenvalue weighted by molar-refractivity contribution is 5.87. The first-order chi connectivity index (χ1) is 9.56. The van der Waals surface area contributed by atoms with Crippen molar-refractivity contribution in [2.24, 2.45) is 0 Å². The molecular formula is C13H15FN2O4. The van der Waals surface area contributed by atoms with Crippen molar-refractivity contribution in [2.45, 2.75) is 19.6 Å². The van der Waals surface area contributed by atoms with Gasteiger partial charge in [-0.15, -0.1) is 0 Å². The number of rotatable bonds is 4. The SMILES string of the molecule is COCC(C)OC(=O)n1c(CO)nc2cc(F)ccc21. The van der Waals surface area contributed by atoms with Crippen molar-refractivity contribution in [3.8, 4) is 0 Å². The van der Waals surface area contributed by atoms with Crippen LogP contribution in [0.2, 0.25) is 0 Å². The van der Waals surface area contributed by atoms with E-state index in [1.807, 2.05) is 0 Å². The first kappa shape index (κ1) is 14.4. The van der Waals surface area contributed by atoms with Crippen molar-refractivity contribution in [3.05, 3.63) is 29.8 Å². The third-order valence-electron chi connectivity index (χ3n) is 2.71. The fourth-order valence-corrected chi connectivity index (χ4v) is 1.91. The molecule has 2 aromatic rings. The van der Waals surface area contributed by atoms with Crippen molar-refractivity contribution in [2.75, 3.05) is 13.7 Å². The van der Waals surface area contributed by atoms with Crippen LogP contribution in [0.4, 0.5) is 9.18 Å². The lowest BCUT2D eigenvalue weighted by molar-refractivity contribution is 0.0494. The summed E-state index contributed by atoms with van der Waals surface area (Å²) in [5, 5.41) is 9.27. The average Bonchev–Trinajstić information content (AvgIpc) is 2.76. The lowest BCUT2D eigenvalue weighted by atomic mass is 10.3. The molecule has 0 bridgehead atoms. The summed E-state index contributed by atoms with van der Waals surface area (Å²) in [6.07, 6.45) is -1.13. The minimum Gasteiger partial charge on any atom is -0.443 e. The molecule has 2 rings (SSSR count). The predicted molar refractivity (Wildman–Crippen MR) is 68.8 cm³/mol. The standard InChI is InChI=1S/C13H15FN2O4/c1-8(7-19-2)20-13(18)16-11-4-3-9(14)5-10(11)15-12(16)6-17/h3-5,8,17H,6-7H2,1-2H3. The summed E-state index contributed by atoms with van der Waals surface area (Å²) in [5.74, 6) is -0.368. The van der Waals surface area contributed by atoms with Gasteiger partial charge in [0.05, 0.1) is 17.6 Å². The minimum atomic E-state index is -0.687. The van der Waals surface area contributed by atoms with Crippen LogP contribution in [0.15, 0.2) is 18.2 Å². The van der Waals surface area contributed by atoms with Gasteiger partial charge in [-0.3, -0.25) is 0 Å². The maximum absolute atomic E-state index is 13.1. The van der Waals surface area contributed by atoms with Crippen LogP contribution < -0.4 is 0 Å². The number of aromatic nitrogens is 2. The third kappa shape index (κ3) is 2.78. The van der Waals surface area contributed by atoms with Crippen LogP contribution >= 0.6 is 0 Å². The van der Waals surface area contributed by atoms with Gasteiger partial charge >= 0.3 is 6.09 Å². The normalized spacial score (nSPS) is 12.6. The van der Waals surface area contributed by atoms with Gasteiger partial charge in [-0.2, -0.15) is 0 Å². The van der Waals surface area contributed by atoms with Crippen LogP contribution in [-0.4, -0.2) is 40.6 Å².